The number of ketones is 5. The highest BCUT2D eigenvalue weighted by Gasteiger charge is 2.41. The van der Waals surface area contributed by atoms with Crippen LogP contribution in [0.15, 0.2) is 210 Å². The number of allylic oxidation sites excluding steroid dienone is 4. The van der Waals surface area contributed by atoms with Crippen molar-refractivity contribution in [3.8, 4) is 39.9 Å². The number of alkyl halides is 3. The van der Waals surface area contributed by atoms with E-state index in [0.717, 1.165) is 112 Å². The number of methoxy groups -OCH3 is 1. The third-order valence-electron chi connectivity index (χ3n) is 22.7. The first-order chi connectivity index (χ1) is 63.6. The smallest absolute Gasteiger partial charge is 0.416 e. The van der Waals surface area contributed by atoms with Crippen molar-refractivity contribution in [3.05, 3.63) is 325 Å². The fourth-order valence-corrected chi connectivity index (χ4v) is 21.1. The second-order valence-electron chi connectivity index (χ2n) is 31.4. The number of phenolic OH excluding ortho intramolecular Hbond substituents is 5. The van der Waals surface area contributed by atoms with Gasteiger partial charge in [0, 0.05) is 82.3 Å². The van der Waals surface area contributed by atoms with Crippen molar-refractivity contribution in [3.63, 3.8) is 0 Å². The Bertz CT molecular complexity index is 6460. The number of nitrogens with two attached hydrogens (primary N) is 3. The molecule has 1 fully saturated rings. The number of nitrogens with zero attached hydrogens (tertiary/aromatic N) is 2. The van der Waals surface area contributed by atoms with Crippen LogP contribution in [-0.4, -0.2) is 114 Å². The van der Waals surface area contributed by atoms with Crippen molar-refractivity contribution in [1.82, 2.24) is 10.3 Å². The number of phenols is 5. The van der Waals surface area contributed by atoms with Gasteiger partial charge >= 0.3 is 12.1 Å². The van der Waals surface area contributed by atoms with E-state index in [4.69, 9.17) is 17.2 Å². The van der Waals surface area contributed by atoms with E-state index in [1.54, 1.807) is 115 Å². The molecule has 8 aromatic carbocycles. The monoisotopic (exact) mass is 1870 g/mol. The molecule has 6 aliphatic rings. The number of carbonyl (C=O) groups is 11. The summed E-state index contributed by atoms with van der Waals surface area (Å²) in [5, 5.41) is 65.4. The number of esters is 1. The lowest BCUT2D eigenvalue weighted by Gasteiger charge is -2.25. The van der Waals surface area contributed by atoms with Crippen molar-refractivity contribution in [1.29, 1.82) is 0 Å². The van der Waals surface area contributed by atoms with Gasteiger partial charge in [-0.1, -0.05) is 178 Å². The van der Waals surface area contributed by atoms with Crippen molar-refractivity contribution in [2.45, 2.75) is 129 Å². The van der Waals surface area contributed by atoms with Crippen LogP contribution in [0.25, 0.3) is 22.3 Å². The van der Waals surface area contributed by atoms with E-state index in [1.807, 2.05) is 57.2 Å². The highest BCUT2D eigenvalue weighted by molar-refractivity contribution is 8.04. The zero-order valence-electron chi connectivity index (χ0n) is 72.8. The van der Waals surface area contributed by atoms with Crippen LogP contribution in [0, 0.1) is 26.7 Å². The summed E-state index contributed by atoms with van der Waals surface area (Å²) in [6.07, 6.45) is 14.8. The molecule has 11 aromatic rings. The van der Waals surface area contributed by atoms with Gasteiger partial charge in [-0.05, 0) is 172 Å². The molecule has 0 saturated heterocycles. The molecule has 0 spiro atoms. The number of hydrazone groups is 1. The number of amides is 5. The van der Waals surface area contributed by atoms with E-state index in [1.165, 1.54) is 97.9 Å². The largest absolute Gasteiger partial charge is 0.507 e. The molecule has 0 bridgehead atoms. The number of para-hydroxylation sites is 1. The summed E-state index contributed by atoms with van der Waals surface area (Å²) in [7, 11) is 1.32. The number of thiophene rings is 2. The molecule has 2 unspecified atom stereocenters. The summed E-state index contributed by atoms with van der Waals surface area (Å²) in [5.74, 6) is -6.50. The number of ether oxygens (including phenoxy) is 1. The number of aromatic nitrogens is 1. The second kappa shape index (κ2) is 43.5. The maximum Gasteiger partial charge on any atom is 0.416 e. The Morgan fingerprint density at radius 2 is 1.17 bits per heavy atom. The molecule has 3 aromatic heterocycles. The van der Waals surface area contributed by atoms with Gasteiger partial charge in [-0.15, -0.1) is 34.4 Å². The Morgan fingerprint density at radius 3 is 1.78 bits per heavy atom. The topological polar surface area (TPSA) is 438 Å². The average Bonchev–Trinajstić information content (AvgIpc) is 1.20. The quantitative estimate of drug-likeness (QED) is 0.0107. The number of hydrogen-bond donors (Lipinski definition) is 11. The highest BCUT2D eigenvalue weighted by Crippen LogP contribution is 2.53. The van der Waals surface area contributed by atoms with E-state index in [-0.39, 0.29) is 90.9 Å². The predicted molar refractivity (Wildman–Crippen MR) is 508 cm³/mol. The maximum atomic E-state index is 13.3. The number of primary amides is 3. The molecule has 14 N–H and O–H groups in total. The van der Waals surface area contributed by atoms with Crippen molar-refractivity contribution in [2.24, 2.45) is 28.2 Å². The number of aromatic hydroxyl groups is 5. The SMILES string of the molecule is C=C1c2ccccc2C(=O)c2c(O)c(-c3cc(O)c4c(c3O)C(=O)c3ccccc3C4=O)cc(O)c21.CCc1c(C)sc(NC(=O)c2ccccc2)c1C(N)=O.COC(=O)c1sc(N/N=C/c2ccccc2O)nc1C.Cc1sc2c(c1C(N)=O)CCCCC2.NC(=O)C1=C(NC(=O)CCc2ccccc2)SC2CCCCCCC12.O=C1C=CC(=O)C(c2cccc(C(F)(F)F)c2)=C1. The number of rotatable bonds is 16. The van der Waals surface area contributed by atoms with Gasteiger partial charge < -0.3 is 58.1 Å². The Morgan fingerprint density at radius 1 is 0.594 bits per heavy atom. The molecule has 17 rings (SSSR count). The molecule has 1 aliphatic heterocycles. The van der Waals surface area contributed by atoms with Gasteiger partial charge in [0.15, 0.2) is 28.9 Å². The molecule has 133 heavy (non-hydrogen) atoms. The lowest BCUT2D eigenvalue weighted by atomic mass is 9.78. The predicted octanol–water partition coefficient (Wildman–Crippen LogP) is 18.7. The number of thiazole rings is 1. The van der Waals surface area contributed by atoms with Gasteiger partial charge in [-0.2, -0.15) is 18.3 Å². The molecule has 5 amide bonds. The van der Waals surface area contributed by atoms with E-state index in [9.17, 15) is 91.4 Å². The number of thioether (sulfide) groups is 1. The summed E-state index contributed by atoms with van der Waals surface area (Å²) in [5.41, 5.74) is 25.2. The molecule has 0 radical (unpaired) electrons. The average molecular weight is 1880 g/mol. The third-order valence-corrected chi connectivity index (χ3v) is 27.4. The Hall–Kier alpha value is -14.5. The molecular formula is C101H93F3N8O17S4. The summed E-state index contributed by atoms with van der Waals surface area (Å²) in [4.78, 5) is 141. The fourth-order valence-electron chi connectivity index (χ4n) is 16.3. The number of carbonyl (C=O) groups excluding carboxylic acids is 11. The number of hydrogen-bond acceptors (Lipinski definition) is 24. The van der Waals surface area contributed by atoms with Crippen LogP contribution >= 0.6 is 45.8 Å². The van der Waals surface area contributed by atoms with Crippen molar-refractivity contribution < 1.29 is 96.2 Å². The summed E-state index contributed by atoms with van der Waals surface area (Å²) in [6, 6.07) is 44.8. The Balaban J connectivity index is 0.000000148. The standard InChI is InChI=1S/C29H16O7.C20H26N2O2S.C15H16N2O2S.C13H7F3O2.C13H13N3O3S.C11H15NOS/c1-12-13-6-2-3-7-14(13)26(33)23-21(12)19(30)10-17(28(23)35)18-11-20(31)22-24(29(18)36)27(34)16-9-5-4-8-15(16)25(22)32;21-19(24)18-15-10-6-1-2-7-11-16(15)25-20(18)22-17(23)13-12-14-8-4-3-5-9-14;1-3-11-9(2)20-15(12(11)13(16)18)17-14(19)10-7-5-4-6-8-10;14-13(15,16)9-3-1-2-8(6-9)11-7-10(17)4-5-12(11)18;1-8-11(12(18)19-2)20-13(15-8)16-14-7-9-5-3-4-6-10(9)17;1-7-10(11(12)13)8-5-3-2-4-6-9(8)14-7/h2-11,30-31,35-36H,1H2;3-5,8-9,15-16H,1-2,6-7,10-13H2,(H2,21,24)(H,22,23);4-8H,3H2,1-2H3,(H2,16,18)(H,17,19);1-7H;3-7,17H,1-2H3,(H,15,16);2-6H2,1H3,(H2,12,13)/b;;;;14-7+;. The van der Waals surface area contributed by atoms with Crippen LogP contribution < -0.4 is 33.3 Å². The van der Waals surface area contributed by atoms with Crippen LogP contribution in [-0.2, 0) is 55.8 Å². The van der Waals surface area contributed by atoms with Crippen LogP contribution in [0.3, 0.4) is 0 Å². The van der Waals surface area contributed by atoms with Gasteiger partial charge in [0.05, 0.1) is 63.0 Å². The molecule has 32 heteroatoms. The molecule has 5 aliphatic carbocycles. The number of aryl methyl sites for hydroxylation is 5. The summed E-state index contributed by atoms with van der Waals surface area (Å²) >= 11 is 5.95. The van der Waals surface area contributed by atoms with Gasteiger partial charge in [-0.3, -0.25) is 53.4 Å². The molecule has 684 valence electrons. The van der Waals surface area contributed by atoms with E-state index < -0.39 is 81.1 Å². The van der Waals surface area contributed by atoms with E-state index >= 15 is 0 Å². The molecule has 1 saturated carbocycles. The van der Waals surface area contributed by atoms with Gasteiger partial charge in [0.2, 0.25) is 22.9 Å². The zero-order chi connectivity index (χ0) is 95.8. The van der Waals surface area contributed by atoms with Gasteiger partial charge in [-0.25, -0.2) is 9.78 Å². The van der Waals surface area contributed by atoms with Crippen molar-refractivity contribution >= 4 is 138 Å². The minimum absolute atomic E-state index is 0.0198. The Labute approximate surface area is 779 Å². The first-order valence-corrected chi connectivity index (χ1v) is 45.7. The normalized spacial score (nSPS) is 15.1. The number of anilines is 2. The van der Waals surface area contributed by atoms with E-state index in [2.05, 4.69) is 37.5 Å². The number of halogens is 3. The maximum absolute atomic E-state index is 13.3. The summed E-state index contributed by atoms with van der Waals surface area (Å²) < 4.78 is 42.2. The molecular weight excluding hydrogens is 1780 g/mol. The van der Waals surface area contributed by atoms with E-state index in [0.29, 0.717) is 83.6 Å². The van der Waals surface area contributed by atoms with Crippen LogP contribution in [0.1, 0.15) is 224 Å². The third kappa shape index (κ3) is 22.6. The second-order valence-corrected chi connectivity index (χ2v) is 36.1. The fraction of sp³-hybridized carbons (Fsp3) is 0.218. The van der Waals surface area contributed by atoms with Crippen LogP contribution in [0.5, 0.6) is 28.7 Å². The lowest BCUT2D eigenvalue weighted by molar-refractivity contribution is -0.137. The first kappa shape index (κ1) is 97.6. The highest BCUT2D eigenvalue weighted by atomic mass is 32.2. The molecule has 25 nitrogen and oxygen atoms in total. The van der Waals surface area contributed by atoms with Gasteiger partial charge in [0.25, 0.3) is 11.8 Å². The molecule has 4 heterocycles. The van der Waals surface area contributed by atoms with Crippen molar-refractivity contribution in [2.75, 3.05) is 17.9 Å². The first-order valence-electron chi connectivity index (χ1n) is 42.3. The lowest BCUT2D eigenvalue weighted by Crippen LogP contribution is -2.27. The van der Waals surface area contributed by atoms with Crippen LogP contribution in [0.4, 0.5) is 23.3 Å². The number of fused-ring (bicyclic) bond motifs is 6. The van der Waals surface area contributed by atoms with Crippen LogP contribution in [0.2, 0.25) is 0 Å². The van der Waals surface area contributed by atoms with Gasteiger partial charge in [0.1, 0.15) is 38.6 Å². The zero-order valence-corrected chi connectivity index (χ0v) is 76.0. The number of nitrogens with one attached hydrogen (secondary N) is 3. The number of benzene rings is 8. The summed E-state index contributed by atoms with van der Waals surface area (Å²) in [6.45, 7) is 11.6. The minimum atomic E-state index is -4.48. The molecule has 2 atom stereocenters. The minimum Gasteiger partial charge on any atom is -0.507 e. The Kier molecular flexibility index (Phi) is 31.9.